The molecule has 0 radical (unpaired) electrons. The summed E-state index contributed by atoms with van der Waals surface area (Å²) >= 11 is 5.95. The number of nitrogens with one attached hydrogen (secondary N) is 1. The minimum Gasteiger partial charge on any atom is -0.483 e. The molecule has 0 aliphatic heterocycles. The average molecular weight is 416 g/mol. The molecule has 0 aliphatic rings. The van der Waals surface area contributed by atoms with E-state index in [0.717, 1.165) is 5.56 Å². The first-order valence-electron chi connectivity index (χ1n) is 9.11. The average Bonchev–Trinajstić information content (AvgIpc) is 2.70. The van der Waals surface area contributed by atoms with Crippen LogP contribution in [0.15, 0.2) is 47.3 Å². The number of hydrogen-bond donors (Lipinski definition) is 1. The van der Waals surface area contributed by atoms with Crippen LogP contribution in [0, 0.1) is 6.92 Å². The normalized spacial score (nSPS) is 10.9. The molecular formula is C21H22ClN3O4. The lowest BCUT2D eigenvalue weighted by atomic mass is 10.2. The lowest BCUT2D eigenvalue weighted by Crippen LogP contribution is -2.37. The van der Waals surface area contributed by atoms with Gasteiger partial charge in [-0.15, -0.1) is 0 Å². The van der Waals surface area contributed by atoms with E-state index in [1.165, 1.54) is 0 Å². The fourth-order valence-electron chi connectivity index (χ4n) is 2.89. The smallest absolute Gasteiger partial charge is 0.260 e. The fourth-order valence-corrected chi connectivity index (χ4v) is 3.12. The van der Waals surface area contributed by atoms with Crippen LogP contribution in [0.5, 0.6) is 5.75 Å². The van der Waals surface area contributed by atoms with Crippen LogP contribution in [-0.4, -0.2) is 47.6 Å². The third-order valence-electron chi connectivity index (χ3n) is 4.41. The summed E-state index contributed by atoms with van der Waals surface area (Å²) in [5.74, 6) is 0.750. The summed E-state index contributed by atoms with van der Waals surface area (Å²) < 4.78 is 10.8. The first-order valence-corrected chi connectivity index (χ1v) is 9.49. The van der Waals surface area contributed by atoms with E-state index in [1.807, 2.05) is 13.0 Å². The highest BCUT2D eigenvalue weighted by Gasteiger charge is 2.17. The number of benzene rings is 2. The second-order valence-electron chi connectivity index (χ2n) is 6.54. The number of hydrogen-bond acceptors (Lipinski definition) is 5. The Morgan fingerprint density at radius 2 is 2.03 bits per heavy atom. The molecule has 1 aromatic heterocycles. The molecule has 0 fully saturated rings. The molecule has 2 aromatic carbocycles. The topological polar surface area (TPSA) is 84.5 Å². The predicted octanol–water partition coefficient (Wildman–Crippen LogP) is 2.94. The second-order valence-corrected chi connectivity index (χ2v) is 6.97. The van der Waals surface area contributed by atoms with Crippen molar-refractivity contribution in [3.05, 3.63) is 69.2 Å². The van der Waals surface area contributed by atoms with Crippen LogP contribution in [0.4, 0.5) is 0 Å². The van der Waals surface area contributed by atoms with Crippen molar-refractivity contribution in [1.29, 1.82) is 0 Å². The Balaban J connectivity index is 1.75. The van der Waals surface area contributed by atoms with Crippen molar-refractivity contribution in [2.24, 2.45) is 0 Å². The maximum atomic E-state index is 12.8. The van der Waals surface area contributed by atoms with Crippen LogP contribution < -0.4 is 10.3 Å². The molecule has 0 saturated carbocycles. The van der Waals surface area contributed by atoms with Crippen LogP contribution in [0.1, 0.15) is 11.4 Å². The SMILES string of the molecule is COCCN(Cc1nc2ccccc2c(=O)[nH]1)C(=O)COc1ccc(Cl)cc1C. The molecule has 3 aromatic rings. The molecule has 0 atom stereocenters. The molecule has 0 saturated heterocycles. The van der Waals surface area contributed by atoms with Crippen molar-refractivity contribution in [3.8, 4) is 5.75 Å². The van der Waals surface area contributed by atoms with Gasteiger partial charge < -0.3 is 19.4 Å². The molecule has 1 heterocycles. The predicted molar refractivity (Wildman–Crippen MR) is 111 cm³/mol. The van der Waals surface area contributed by atoms with E-state index in [4.69, 9.17) is 21.1 Å². The van der Waals surface area contributed by atoms with E-state index in [9.17, 15) is 9.59 Å². The first kappa shape index (κ1) is 20.8. The molecule has 7 nitrogen and oxygen atoms in total. The van der Waals surface area contributed by atoms with Crippen molar-refractivity contribution in [1.82, 2.24) is 14.9 Å². The van der Waals surface area contributed by atoms with Gasteiger partial charge in [-0.05, 0) is 42.8 Å². The standard InChI is InChI=1S/C21H22ClN3O4/c1-14-11-15(22)7-8-18(14)29-13-20(26)25(9-10-28-2)12-19-23-17-6-4-3-5-16(17)21(27)24-19/h3-8,11H,9-10,12-13H2,1-2H3,(H,23,24,27). The van der Waals surface area contributed by atoms with E-state index >= 15 is 0 Å². The Kier molecular flexibility index (Phi) is 6.85. The maximum Gasteiger partial charge on any atom is 0.260 e. The molecule has 0 aliphatic carbocycles. The van der Waals surface area contributed by atoms with Crippen LogP contribution in [0.2, 0.25) is 5.02 Å². The molecule has 0 spiro atoms. The number of amides is 1. The number of aromatic amines is 1. The Hall–Kier alpha value is -2.90. The fraction of sp³-hybridized carbons (Fsp3) is 0.286. The number of carbonyl (C=O) groups is 1. The summed E-state index contributed by atoms with van der Waals surface area (Å²) in [6.07, 6.45) is 0. The Morgan fingerprint density at radius 1 is 1.24 bits per heavy atom. The molecule has 8 heteroatoms. The Labute approximate surface area is 173 Å². The number of H-pyrrole nitrogens is 1. The zero-order valence-electron chi connectivity index (χ0n) is 16.3. The van der Waals surface area contributed by atoms with Crippen molar-refractivity contribution in [3.63, 3.8) is 0 Å². The number of aryl methyl sites for hydroxylation is 1. The highest BCUT2D eigenvalue weighted by molar-refractivity contribution is 6.30. The lowest BCUT2D eigenvalue weighted by Gasteiger charge is -2.22. The number of aromatic nitrogens is 2. The number of methoxy groups -OCH3 is 1. The van der Waals surface area contributed by atoms with Gasteiger partial charge >= 0.3 is 0 Å². The molecule has 3 rings (SSSR count). The van der Waals surface area contributed by atoms with Crippen molar-refractivity contribution in [2.75, 3.05) is 26.9 Å². The van der Waals surface area contributed by atoms with Gasteiger partial charge in [-0.3, -0.25) is 9.59 Å². The summed E-state index contributed by atoms with van der Waals surface area (Å²) in [4.78, 5) is 33.8. The van der Waals surface area contributed by atoms with Gasteiger partial charge in [0.15, 0.2) is 6.61 Å². The van der Waals surface area contributed by atoms with Gasteiger partial charge in [0.2, 0.25) is 0 Å². The van der Waals surface area contributed by atoms with E-state index in [2.05, 4.69) is 9.97 Å². The van der Waals surface area contributed by atoms with E-state index in [-0.39, 0.29) is 24.6 Å². The lowest BCUT2D eigenvalue weighted by molar-refractivity contribution is -0.134. The van der Waals surface area contributed by atoms with Gasteiger partial charge in [0.1, 0.15) is 11.6 Å². The van der Waals surface area contributed by atoms with Gasteiger partial charge in [-0.2, -0.15) is 0 Å². The molecule has 0 bridgehead atoms. The molecular weight excluding hydrogens is 394 g/mol. The molecule has 29 heavy (non-hydrogen) atoms. The summed E-state index contributed by atoms with van der Waals surface area (Å²) in [5, 5.41) is 1.11. The molecule has 1 N–H and O–H groups in total. The maximum absolute atomic E-state index is 12.8. The number of fused-ring (bicyclic) bond motifs is 1. The number of carbonyl (C=O) groups excluding carboxylic acids is 1. The van der Waals surface area contributed by atoms with Crippen LogP contribution >= 0.6 is 11.6 Å². The molecule has 152 valence electrons. The van der Waals surface area contributed by atoms with Gasteiger partial charge in [-0.1, -0.05) is 23.7 Å². The van der Waals surface area contributed by atoms with Gasteiger partial charge in [-0.25, -0.2) is 4.98 Å². The van der Waals surface area contributed by atoms with Crippen LogP contribution in [0.3, 0.4) is 0 Å². The number of para-hydroxylation sites is 1. The third kappa shape index (κ3) is 5.34. The molecule has 1 amide bonds. The quantitative estimate of drug-likeness (QED) is 0.611. The number of rotatable bonds is 8. The first-order chi connectivity index (χ1) is 14.0. The van der Waals surface area contributed by atoms with E-state index < -0.39 is 0 Å². The monoisotopic (exact) mass is 415 g/mol. The van der Waals surface area contributed by atoms with Gasteiger partial charge in [0, 0.05) is 18.7 Å². The van der Waals surface area contributed by atoms with Crippen molar-refractivity contribution < 1.29 is 14.3 Å². The van der Waals surface area contributed by atoms with Crippen molar-refractivity contribution >= 4 is 28.4 Å². The second kappa shape index (κ2) is 9.54. The summed E-state index contributed by atoms with van der Waals surface area (Å²) in [5.41, 5.74) is 1.19. The minimum absolute atomic E-state index is 0.144. The highest BCUT2D eigenvalue weighted by Crippen LogP contribution is 2.21. The minimum atomic E-state index is -0.243. The zero-order chi connectivity index (χ0) is 20.8. The summed E-state index contributed by atoms with van der Waals surface area (Å²) in [6, 6.07) is 12.3. The molecule has 0 unspecified atom stereocenters. The largest absolute Gasteiger partial charge is 0.483 e. The van der Waals surface area contributed by atoms with Crippen LogP contribution in [-0.2, 0) is 16.1 Å². The number of ether oxygens (including phenoxy) is 2. The van der Waals surface area contributed by atoms with E-state index in [1.54, 1.807) is 48.4 Å². The van der Waals surface area contributed by atoms with E-state index in [0.29, 0.717) is 40.7 Å². The van der Waals surface area contributed by atoms with Gasteiger partial charge in [0.25, 0.3) is 11.5 Å². The Morgan fingerprint density at radius 3 is 2.79 bits per heavy atom. The highest BCUT2D eigenvalue weighted by atomic mass is 35.5. The van der Waals surface area contributed by atoms with Crippen molar-refractivity contribution in [2.45, 2.75) is 13.5 Å². The number of nitrogens with zero attached hydrogens (tertiary/aromatic N) is 2. The van der Waals surface area contributed by atoms with Gasteiger partial charge in [0.05, 0.1) is 24.1 Å². The Bertz CT molecular complexity index is 1070. The number of halogens is 1. The summed E-state index contributed by atoms with van der Waals surface area (Å²) in [6.45, 7) is 2.55. The third-order valence-corrected chi connectivity index (χ3v) is 4.64. The van der Waals surface area contributed by atoms with Crippen LogP contribution in [0.25, 0.3) is 10.9 Å². The zero-order valence-corrected chi connectivity index (χ0v) is 17.0. The summed E-state index contributed by atoms with van der Waals surface area (Å²) in [7, 11) is 1.56.